The van der Waals surface area contributed by atoms with Crippen molar-refractivity contribution < 1.29 is 9.59 Å². The van der Waals surface area contributed by atoms with Gasteiger partial charge >= 0.3 is 0 Å². The Bertz CT molecular complexity index is 801. The van der Waals surface area contributed by atoms with Gasteiger partial charge < -0.3 is 10.2 Å². The van der Waals surface area contributed by atoms with Crippen molar-refractivity contribution in [3.63, 3.8) is 0 Å². The number of nitrogens with zero attached hydrogens (tertiary/aromatic N) is 1. The van der Waals surface area contributed by atoms with E-state index in [2.05, 4.69) is 59.4 Å². The fourth-order valence-corrected chi connectivity index (χ4v) is 3.42. The van der Waals surface area contributed by atoms with Gasteiger partial charge in [0.25, 0.3) is 0 Å². The summed E-state index contributed by atoms with van der Waals surface area (Å²) in [5.74, 6) is 0.351. The molecule has 0 radical (unpaired) electrons. The van der Waals surface area contributed by atoms with Crippen LogP contribution in [0.4, 0.5) is 0 Å². The van der Waals surface area contributed by atoms with Gasteiger partial charge in [-0.25, -0.2) is 0 Å². The molecule has 0 saturated carbocycles. The molecule has 0 aromatic heterocycles. The molecule has 156 valence electrons. The van der Waals surface area contributed by atoms with Crippen LogP contribution in [0.2, 0.25) is 0 Å². The zero-order chi connectivity index (χ0) is 21.4. The maximum atomic E-state index is 13.0. The second-order valence-corrected chi connectivity index (χ2v) is 8.53. The van der Waals surface area contributed by atoms with Gasteiger partial charge in [-0.3, -0.25) is 9.59 Å². The first-order valence-corrected chi connectivity index (χ1v) is 11.0. The van der Waals surface area contributed by atoms with Crippen LogP contribution in [0.3, 0.4) is 0 Å². The number of carbonyl (C=O) groups is 2. The molecule has 0 saturated heterocycles. The van der Waals surface area contributed by atoms with Gasteiger partial charge in [0.15, 0.2) is 0 Å². The van der Waals surface area contributed by atoms with Gasteiger partial charge in [0, 0.05) is 24.0 Å². The van der Waals surface area contributed by atoms with E-state index in [0.717, 1.165) is 15.6 Å². The first-order chi connectivity index (χ1) is 13.8. The highest BCUT2D eigenvalue weighted by Gasteiger charge is 2.25. The molecule has 0 fully saturated rings. The smallest absolute Gasteiger partial charge is 0.242 e. The van der Waals surface area contributed by atoms with E-state index >= 15 is 0 Å². The van der Waals surface area contributed by atoms with Crippen molar-refractivity contribution in [2.45, 2.75) is 59.0 Å². The maximum Gasteiger partial charge on any atom is 0.242 e. The van der Waals surface area contributed by atoms with Gasteiger partial charge in [-0.15, -0.1) is 0 Å². The average molecular weight is 459 g/mol. The van der Waals surface area contributed by atoms with Gasteiger partial charge in [0.05, 0.1) is 0 Å². The third-order valence-corrected chi connectivity index (χ3v) is 5.59. The van der Waals surface area contributed by atoms with Crippen LogP contribution < -0.4 is 5.32 Å². The summed E-state index contributed by atoms with van der Waals surface area (Å²) in [6, 6.07) is 15.8. The zero-order valence-corrected chi connectivity index (χ0v) is 19.3. The molecule has 0 aliphatic carbocycles. The Morgan fingerprint density at radius 1 is 0.966 bits per heavy atom. The van der Waals surface area contributed by atoms with Crippen LogP contribution in [0.25, 0.3) is 0 Å². The summed E-state index contributed by atoms with van der Waals surface area (Å²) in [5.41, 5.74) is 3.43. The molecule has 29 heavy (non-hydrogen) atoms. The topological polar surface area (TPSA) is 49.4 Å². The standard InChI is InChI=1S/C24H31BrN2O2/c1-5-26-24(29)18(4)27(16-20-8-13-22(25)14-9-20)23(28)15-10-19-6-11-21(12-7-19)17(2)3/h6-9,11-14,17-18H,5,10,15-16H2,1-4H3,(H,26,29)/t18-/m1/s1. The van der Waals surface area contributed by atoms with E-state index in [1.807, 2.05) is 31.2 Å². The molecule has 2 amide bonds. The average Bonchev–Trinajstić information content (AvgIpc) is 2.71. The number of rotatable bonds is 9. The lowest BCUT2D eigenvalue weighted by atomic mass is 10.00. The van der Waals surface area contributed by atoms with Gasteiger partial charge in [0.2, 0.25) is 11.8 Å². The number of amides is 2. The minimum absolute atomic E-state index is 0.0143. The molecule has 1 atom stereocenters. The van der Waals surface area contributed by atoms with Gasteiger partial charge in [-0.1, -0.05) is 66.2 Å². The van der Waals surface area contributed by atoms with Crippen molar-refractivity contribution in [2.75, 3.05) is 6.54 Å². The molecule has 0 spiro atoms. The fourth-order valence-electron chi connectivity index (χ4n) is 3.16. The van der Waals surface area contributed by atoms with Crippen LogP contribution in [0.1, 0.15) is 56.7 Å². The molecule has 0 heterocycles. The van der Waals surface area contributed by atoms with Crippen molar-refractivity contribution in [1.82, 2.24) is 10.2 Å². The Hall–Kier alpha value is -2.14. The van der Waals surface area contributed by atoms with Crippen LogP contribution in [-0.4, -0.2) is 29.3 Å². The molecule has 2 aromatic rings. The molecule has 0 unspecified atom stereocenters. The number of carbonyl (C=O) groups excluding carboxylic acids is 2. The van der Waals surface area contributed by atoms with Crippen LogP contribution in [0, 0.1) is 0 Å². The summed E-state index contributed by atoms with van der Waals surface area (Å²) in [7, 11) is 0. The van der Waals surface area contributed by atoms with Gasteiger partial charge in [-0.2, -0.15) is 0 Å². The Kier molecular flexibility index (Phi) is 8.90. The SMILES string of the molecule is CCNC(=O)[C@@H](C)N(Cc1ccc(Br)cc1)C(=O)CCc1ccc(C(C)C)cc1. The van der Waals surface area contributed by atoms with Crippen molar-refractivity contribution in [2.24, 2.45) is 0 Å². The lowest BCUT2D eigenvalue weighted by molar-refractivity contribution is -0.140. The van der Waals surface area contributed by atoms with Gasteiger partial charge in [0.1, 0.15) is 6.04 Å². The Labute approximate surface area is 182 Å². The third kappa shape index (κ3) is 7.00. The highest BCUT2D eigenvalue weighted by atomic mass is 79.9. The predicted molar refractivity (Wildman–Crippen MR) is 122 cm³/mol. The van der Waals surface area contributed by atoms with E-state index in [1.165, 1.54) is 5.56 Å². The summed E-state index contributed by atoms with van der Waals surface area (Å²) in [5, 5.41) is 2.83. The Balaban J connectivity index is 2.10. The summed E-state index contributed by atoms with van der Waals surface area (Å²) in [6.07, 6.45) is 1.04. The van der Waals surface area contributed by atoms with E-state index in [1.54, 1.807) is 11.8 Å². The van der Waals surface area contributed by atoms with Crippen molar-refractivity contribution in [1.29, 1.82) is 0 Å². The molecule has 5 heteroatoms. The highest BCUT2D eigenvalue weighted by molar-refractivity contribution is 9.10. The number of aryl methyl sites for hydroxylation is 1. The van der Waals surface area contributed by atoms with E-state index in [-0.39, 0.29) is 11.8 Å². The Morgan fingerprint density at radius 3 is 2.10 bits per heavy atom. The molecule has 4 nitrogen and oxygen atoms in total. The molecule has 2 rings (SSSR count). The number of hydrogen-bond donors (Lipinski definition) is 1. The quantitative estimate of drug-likeness (QED) is 0.570. The summed E-state index contributed by atoms with van der Waals surface area (Å²) in [6.45, 7) is 8.97. The number of likely N-dealkylation sites (N-methyl/N-ethyl adjacent to an activating group) is 1. The molecular formula is C24H31BrN2O2. The summed E-state index contributed by atoms with van der Waals surface area (Å²) < 4.78 is 0.987. The zero-order valence-electron chi connectivity index (χ0n) is 17.7. The first-order valence-electron chi connectivity index (χ1n) is 10.2. The minimum Gasteiger partial charge on any atom is -0.355 e. The molecule has 0 aliphatic heterocycles. The Morgan fingerprint density at radius 2 is 1.55 bits per heavy atom. The van der Waals surface area contributed by atoms with Gasteiger partial charge in [-0.05, 0) is 55.0 Å². The molecule has 0 aliphatic rings. The van der Waals surface area contributed by atoms with Crippen LogP contribution in [0.5, 0.6) is 0 Å². The van der Waals surface area contributed by atoms with E-state index in [4.69, 9.17) is 0 Å². The largest absolute Gasteiger partial charge is 0.355 e. The third-order valence-electron chi connectivity index (χ3n) is 5.06. The normalized spacial score (nSPS) is 11.9. The summed E-state index contributed by atoms with van der Waals surface area (Å²) in [4.78, 5) is 27.1. The molecule has 1 N–H and O–H groups in total. The maximum absolute atomic E-state index is 13.0. The lowest BCUT2D eigenvalue weighted by Gasteiger charge is -2.29. The number of halogens is 1. The number of benzene rings is 2. The van der Waals surface area contributed by atoms with Crippen molar-refractivity contribution in [3.8, 4) is 0 Å². The second-order valence-electron chi connectivity index (χ2n) is 7.61. The van der Waals surface area contributed by atoms with E-state index in [9.17, 15) is 9.59 Å². The number of hydrogen-bond acceptors (Lipinski definition) is 2. The minimum atomic E-state index is -0.519. The van der Waals surface area contributed by atoms with E-state index < -0.39 is 6.04 Å². The predicted octanol–water partition coefficient (Wildman–Crippen LogP) is 5.06. The molecular weight excluding hydrogens is 428 g/mol. The first kappa shape index (κ1) is 23.1. The second kappa shape index (κ2) is 11.1. The molecule has 0 bridgehead atoms. The van der Waals surface area contributed by atoms with Crippen LogP contribution in [-0.2, 0) is 22.6 Å². The van der Waals surface area contributed by atoms with E-state index in [0.29, 0.717) is 31.8 Å². The lowest BCUT2D eigenvalue weighted by Crippen LogP contribution is -2.47. The molecule has 2 aromatic carbocycles. The number of nitrogens with one attached hydrogen (secondary N) is 1. The fraction of sp³-hybridized carbons (Fsp3) is 0.417. The van der Waals surface area contributed by atoms with Crippen molar-refractivity contribution >= 4 is 27.7 Å². The monoisotopic (exact) mass is 458 g/mol. The highest BCUT2D eigenvalue weighted by Crippen LogP contribution is 2.18. The van der Waals surface area contributed by atoms with Crippen LogP contribution >= 0.6 is 15.9 Å². The summed E-state index contributed by atoms with van der Waals surface area (Å²) >= 11 is 3.43. The van der Waals surface area contributed by atoms with Crippen LogP contribution in [0.15, 0.2) is 53.0 Å². The van der Waals surface area contributed by atoms with Crippen molar-refractivity contribution in [3.05, 3.63) is 69.7 Å².